The molecule has 2 heterocycles. The first-order valence-electron chi connectivity index (χ1n) is 6.98. The molecule has 112 valence electrons. The van der Waals surface area contributed by atoms with E-state index >= 15 is 0 Å². The number of rotatable bonds is 2. The van der Waals surface area contributed by atoms with Gasteiger partial charge >= 0.3 is 5.97 Å². The summed E-state index contributed by atoms with van der Waals surface area (Å²) in [7, 11) is 0. The van der Waals surface area contributed by atoms with E-state index in [4.69, 9.17) is 4.74 Å². The highest BCUT2D eigenvalue weighted by Crippen LogP contribution is 2.16. The van der Waals surface area contributed by atoms with Gasteiger partial charge in [0.1, 0.15) is 6.61 Å². The first kappa shape index (κ1) is 16.6. The number of piperazine rings is 1. The third-order valence-corrected chi connectivity index (χ3v) is 2.69. The molecule has 1 aliphatic rings. The van der Waals surface area contributed by atoms with Crippen LogP contribution < -0.4 is 10.6 Å². The molecule has 0 aromatic carbocycles. The fraction of sp³-hybridized carbons (Fsp3) is 0.600. The second-order valence-electron chi connectivity index (χ2n) is 5.68. The number of hydrogen-bond acceptors (Lipinski definition) is 5. The molecule has 0 spiro atoms. The van der Waals surface area contributed by atoms with Gasteiger partial charge in [-0.25, -0.2) is 0 Å². The van der Waals surface area contributed by atoms with Crippen LogP contribution in [0.3, 0.4) is 0 Å². The van der Waals surface area contributed by atoms with Crippen molar-refractivity contribution in [1.82, 2.24) is 15.6 Å². The number of ether oxygens (including phenoxy) is 1. The Morgan fingerprint density at radius 2 is 1.65 bits per heavy atom. The minimum absolute atomic E-state index is 0.186. The number of esters is 1. The molecule has 20 heavy (non-hydrogen) atoms. The van der Waals surface area contributed by atoms with Crippen LogP contribution in [-0.4, -0.2) is 37.1 Å². The Morgan fingerprint density at radius 1 is 1.15 bits per heavy atom. The molecule has 1 fully saturated rings. The fourth-order valence-electron chi connectivity index (χ4n) is 1.45. The molecule has 1 aliphatic heterocycles. The second-order valence-corrected chi connectivity index (χ2v) is 5.68. The Kier molecular flexibility index (Phi) is 7.18. The van der Waals surface area contributed by atoms with Crippen LogP contribution in [0.4, 0.5) is 0 Å². The van der Waals surface area contributed by atoms with Gasteiger partial charge in [0.15, 0.2) is 0 Å². The normalized spacial score (nSPS) is 14.9. The first-order chi connectivity index (χ1) is 9.50. The standard InChI is InChI=1S/C11H15NO2.C4H10N2/c1-11(2,3)10(13)14-8-9-4-6-12-7-5-9;1-2-6-4-3-5-1/h4-7H,8H2,1-3H3;5-6H,1-4H2. The van der Waals surface area contributed by atoms with Crippen LogP contribution in [0.1, 0.15) is 26.3 Å². The van der Waals surface area contributed by atoms with E-state index in [2.05, 4.69) is 15.6 Å². The van der Waals surface area contributed by atoms with Gasteiger partial charge in [-0.05, 0) is 38.5 Å². The molecule has 2 N–H and O–H groups in total. The SMILES string of the molecule is C1CNCCN1.CC(C)(C)C(=O)OCc1ccncc1. The molecule has 2 rings (SSSR count). The molecule has 0 radical (unpaired) electrons. The van der Waals surface area contributed by atoms with E-state index in [1.807, 2.05) is 32.9 Å². The number of pyridine rings is 1. The van der Waals surface area contributed by atoms with Gasteiger partial charge in [0.2, 0.25) is 0 Å². The number of aromatic nitrogens is 1. The van der Waals surface area contributed by atoms with Crippen molar-refractivity contribution < 1.29 is 9.53 Å². The van der Waals surface area contributed by atoms with E-state index < -0.39 is 5.41 Å². The third-order valence-electron chi connectivity index (χ3n) is 2.69. The minimum atomic E-state index is -0.437. The third kappa shape index (κ3) is 7.21. The maximum Gasteiger partial charge on any atom is 0.311 e. The van der Waals surface area contributed by atoms with Crippen LogP contribution in [0.15, 0.2) is 24.5 Å². The first-order valence-corrected chi connectivity index (χ1v) is 6.98. The van der Waals surface area contributed by atoms with Crippen molar-refractivity contribution in [3.8, 4) is 0 Å². The van der Waals surface area contributed by atoms with Crippen LogP contribution in [-0.2, 0) is 16.1 Å². The molecule has 1 aromatic rings. The molecular formula is C15H25N3O2. The predicted molar refractivity (Wildman–Crippen MR) is 79.2 cm³/mol. The molecule has 0 saturated carbocycles. The van der Waals surface area contributed by atoms with Crippen LogP contribution in [0.25, 0.3) is 0 Å². The van der Waals surface area contributed by atoms with Gasteiger partial charge < -0.3 is 15.4 Å². The van der Waals surface area contributed by atoms with Gasteiger partial charge in [-0.15, -0.1) is 0 Å². The predicted octanol–water partition coefficient (Wildman–Crippen LogP) is 1.35. The Labute approximate surface area is 121 Å². The summed E-state index contributed by atoms with van der Waals surface area (Å²) in [6, 6.07) is 3.66. The highest BCUT2D eigenvalue weighted by atomic mass is 16.5. The number of hydrogen-bond donors (Lipinski definition) is 2. The lowest BCUT2D eigenvalue weighted by atomic mass is 9.97. The highest BCUT2D eigenvalue weighted by Gasteiger charge is 2.22. The van der Waals surface area contributed by atoms with Crippen molar-refractivity contribution in [2.24, 2.45) is 5.41 Å². The van der Waals surface area contributed by atoms with Gasteiger partial charge in [0, 0.05) is 38.6 Å². The molecular weight excluding hydrogens is 254 g/mol. The van der Waals surface area contributed by atoms with Crippen molar-refractivity contribution in [3.63, 3.8) is 0 Å². The Morgan fingerprint density at radius 3 is 2.05 bits per heavy atom. The smallest absolute Gasteiger partial charge is 0.311 e. The molecule has 0 atom stereocenters. The Bertz CT molecular complexity index is 372. The van der Waals surface area contributed by atoms with Gasteiger partial charge in [0.25, 0.3) is 0 Å². The quantitative estimate of drug-likeness (QED) is 0.800. The topological polar surface area (TPSA) is 63.2 Å². The van der Waals surface area contributed by atoms with Crippen molar-refractivity contribution in [2.45, 2.75) is 27.4 Å². The average Bonchev–Trinajstić information content (AvgIpc) is 2.47. The number of carbonyl (C=O) groups is 1. The van der Waals surface area contributed by atoms with E-state index in [9.17, 15) is 4.79 Å². The van der Waals surface area contributed by atoms with Crippen molar-refractivity contribution in [1.29, 1.82) is 0 Å². The molecule has 5 heteroatoms. The van der Waals surface area contributed by atoms with E-state index in [0.29, 0.717) is 6.61 Å². The largest absolute Gasteiger partial charge is 0.460 e. The van der Waals surface area contributed by atoms with Crippen LogP contribution >= 0.6 is 0 Å². The lowest BCUT2D eigenvalue weighted by Gasteiger charge is -2.16. The molecule has 1 saturated heterocycles. The highest BCUT2D eigenvalue weighted by molar-refractivity contribution is 5.75. The summed E-state index contributed by atoms with van der Waals surface area (Å²) in [6.07, 6.45) is 3.36. The lowest BCUT2D eigenvalue weighted by molar-refractivity contribution is -0.154. The maximum atomic E-state index is 11.4. The molecule has 5 nitrogen and oxygen atoms in total. The van der Waals surface area contributed by atoms with Gasteiger partial charge in [-0.1, -0.05) is 0 Å². The minimum Gasteiger partial charge on any atom is -0.460 e. The average molecular weight is 279 g/mol. The van der Waals surface area contributed by atoms with Gasteiger partial charge in [-0.3, -0.25) is 9.78 Å². The van der Waals surface area contributed by atoms with Crippen molar-refractivity contribution in [2.75, 3.05) is 26.2 Å². The molecule has 0 amide bonds. The lowest BCUT2D eigenvalue weighted by Crippen LogP contribution is -2.39. The molecule has 0 bridgehead atoms. The second kappa shape index (κ2) is 8.66. The van der Waals surface area contributed by atoms with Crippen LogP contribution in [0, 0.1) is 5.41 Å². The molecule has 0 unspecified atom stereocenters. The summed E-state index contributed by atoms with van der Waals surface area (Å²) in [6.45, 7) is 10.4. The zero-order valence-corrected chi connectivity index (χ0v) is 12.6. The number of nitrogens with one attached hydrogen (secondary N) is 2. The van der Waals surface area contributed by atoms with Crippen LogP contribution in [0.5, 0.6) is 0 Å². The molecule has 1 aromatic heterocycles. The van der Waals surface area contributed by atoms with Gasteiger partial charge in [0.05, 0.1) is 5.41 Å². The summed E-state index contributed by atoms with van der Waals surface area (Å²) in [5.41, 5.74) is 0.519. The van der Waals surface area contributed by atoms with E-state index in [1.165, 1.54) is 0 Å². The number of carbonyl (C=O) groups excluding carboxylic acids is 1. The van der Waals surface area contributed by atoms with E-state index in [1.54, 1.807) is 12.4 Å². The Balaban J connectivity index is 0.000000276. The zero-order chi connectivity index (χ0) is 14.8. The van der Waals surface area contributed by atoms with Crippen molar-refractivity contribution >= 4 is 5.97 Å². The van der Waals surface area contributed by atoms with E-state index in [0.717, 1.165) is 31.7 Å². The zero-order valence-electron chi connectivity index (χ0n) is 12.6. The van der Waals surface area contributed by atoms with Gasteiger partial charge in [-0.2, -0.15) is 0 Å². The van der Waals surface area contributed by atoms with Crippen molar-refractivity contribution in [3.05, 3.63) is 30.1 Å². The van der Waals surface area contributed by atoms with E-state index in [-0.39, 0.29) is 5.97 Å². The molecule has 0 aliphatic carbocycles. The fourth-order valence-corrected chi connectivity index (χ4v) is 1.45. The summed E-state index contributed by atoms with van der Waals surface area (Å²) < 4.78 is 5.13. The van der Waals surface area contributed by atoms with Crippen LogP contribution in [0.2, 0.25) is 0 Å². The maximum absolute atomic E-state index is 11.4. The number of nitrogens with zero attached hydrogens (tertiary/aromatic N) is 1. The Hall–Kier alpha value is -1.46. The summed E-state index contributed by atoms with van der Waals surface area (Å²) in [5.74, 6) is -0.186. The monoisotopic (exact) mass is 279 g/mol. The summed E-state index contributed by atoms with van der Waals surface area (Å²) >= 11 is 0. The summed E-state index contributed by atoms with van der Waals surface area (Å²) in [5, 5.41) is 6.44. The summed E-state index contributed by atoms with van der Waals surface area (Å²) in [4.78, 5) is 15.3.